The summed E-state index contributed by atoms with van der Waals surface area (Å²) in [5, 5.41) is 0. The van der Waals surface area contributed by atoms with Crippen LogP contribution in [0.2, 0.25) is 0 Å². The van der Waals surface area contributed by atoms with Gasteiger partial charge in [0.15, 0.2) is 0 Å². The molecule has 0 fully saturated rings. The summed E-state index contributed by atoms with van der Waals surface area (Å²) < 4.78 is 0. The van der Waals surface area contributed by atoms with Gasteiger partial charge in [0.2, 0.25) is 0 Å². The maximum Gasteiger partial charge on any atom is 0.0432 e. The highest BCUT2D eigenvalue weighted by atomic mass is 14.7. The van der Waals surface area contributed by atoms with Gasteiger partial charge in [-0.2, -0.15) is 0 Å². The van der Waals surface area contributed by atoms with Crippen molar-refractivity contribution in [2.24, 2.45) is 0 Å². The van der Waals surface area contributed by atoms with E-state index in [0.29, 0.717) is 11.8 Å². The number of benzene rings is 1. The van der Waals surface area contributed by atoms with Crippen molar-refractivity contribution in [2.45, 2.75) is 46.0 Å². The highest BCUT2D eigenvalue weighted by Crippen LogP contribution is 2.24. The van der Waals surface area contributed by atoms with Gasteiger partial charge in [-0.05, 0) is 35.4 Å². The molecule has 0 saturated heterocycles. The smallest absolute Gasteiger partial charge is 0.0432 e. The molecule has 1 aromatic carbocycles. The van der Waals surface area contributed by atoms with Gasteiger partial charge in [0.25, 0.3) is 0 Å². The standard InChI is InChI=1S/C18H23N/c1-5-14(4)18-11-10-17(12-19-18)16-8-6-15(7-9-16)13(2)3/h6-14H,5H2,1-4H3. The van der Waals surface area contributed by atoms with Crippen LogP contribution in [0.25, 0.3) is 11.1 Å². The molecular weight excluding hydrogens is 230 g/mol. The predicted molar refractivity (Wildman–Crippen MR) is 82.5 cm³/mol. The lowest BCUT2D eigenvalue weighted by Crippen LogP contribution is -1.95. The minimum absolute atomic E-state index is 0.539. The van der Waals surface area contributed by atoms with Crippen LogP contribution in [0.3, 0.4) is 0 Å². The molecule has 0 saturated carbocycles. The molecule has 100 valence electrons. The summed E-state index contributed by atoms with van der Waals surface area (Å²) in [6.07, 6.45) is 3.13. The lowest BCUT2D eigenvalue weighted by Gasteiger charge is -2.10. The van der Waals surface area contributed by atoms with Crippen LogP contribution in [0.1, 0.15) is 57.2 Å². The van der Waals surface area contributed by atoms with Gasteiger partial charge in [0.05, 0.1) is 0 Å². The van der Waals surface area contributed by atoms with Crippen LogP contribution < -0.4 is 0 Å². The average molecular weight is 253 g/mol. The van der Waals surface area contributed by atoms with Crippen molar-refractivity contribution < 1.29 is 0 Å². The molecule has 0 N–H and O–H groups in total. The number of nitrogens with zero attached hydrogens (tertiary/aromatic N) is 1. The second kappa shape index (κ2) is 6.01. The van der Waals surface area contributed by atoms with Gasteiger partial charge >= 0.3 is 0 Å². The Bertz CT molecular complexity index is 508. The topological polar surface area (TPSA) is 12.9 Å². The maximum atomic E-state index is 4.58. The van der Waals surface area contributed by atoms with Crippen molar-refractivity contribution in [3.05, 3.63) is 53.9 Å². The Kier molecular flexibility index (Phi) is 4.36. The summed E-state index contributed by atoms with van der Waals surface area (Å²) in [5.41, 5.74) is 5.01. The molecule has 19 heavy (non-hydrogen) atoms. The average Bonchev–Trinajstić information content (AvgIpc) is 2.46. The number of pyridine rings is 1. The Balaban J connectivity index is 2.22. The molecule has 0 aliphatic rings. The van der Waals surface area contributed by atoms with Crippen LogP contribution in [-0.2, 0) is 0 Å². The summed E-state index contributed by atoms with van der Waals surface area (Å²) in [6.45, 7) is 8.86. The van der Waals surface area contributed by atoms with Gasteiger partial charge in [0.1, 0.15) is 0 Å². The van der Waals surface area contributed by atoms with Crippen molar-refractivity contribution in [1.29, 1.82) is 0 Å². The molecule has 1 aromatic heterocycles. The lowest BCUT2D eigenvalue weighted by molar-refractivity contribution is 0.708. The van der Waals surface area contributed by atoms with Crippen LogP contribution in [0, 0.1) is 0 Å². The van der Waals surface area contributed by atoms with E-state index in [0.717, 1.165) is 6.42 Å². The zero-order valence-corrected chi connectivity index (χ0v) is 12.4. The van der Waals surface area contributed by atoms with Crippen LogP contribution in [0.15, 0.2) is 42.6 Å². The van der Waals surface area contributed by atoms with E-state index < -0.39 is 0 Å². The van der Waals surface area contributed by atoms with E-state index in [1.807, 2.05) is 6.20 Å². The van der Waals surface area contributed by atoms with Gasteiger partial charge in [0, 0.05) is 17.5 Å². The maximum absolute atomic E-state index is 4.58. The number of rotatable bonds is 4. The molecule has 0 spiro atoms. The minimum Gasteiger partial charge on any atom is -0.260 e. The molecule has 0 aliphatic heterocycles. The molecule has 1 atom stereocenters. The van der Waals surface area contributed by atoms with E-state index >= 15 is 0 Å². The van der Waals surface area contributed by atoms with Crippen molar-refractivity contribution >= 4 is 0 Å². The SMILES string of the molecule is CCC(C)c1ccc(-c2ccc(C(C)C)cc2)cn1. The number of hydrogen-bond acceptors (Lipinski definition) is 1. The first-order chi connectivity index (χ1) is 9.11. The van der Waals surface area contributed by atoms with Gasteiger partial charge in [-0.15, -0.1) is 0 Å². The molecule has 1 unspecified atom stereocenters. The molecule has 1 heterocycles. The monoisotopic (exact) mass is 253 g/mol. The summed E-state index contributed by atoms with van der Waals surface area (Å²) in [6, 6.07) is 13.1. The Morgan fingerprint density at radius 2 is 1.53 bits per heavy atom. The second-order valence-corrected chi connectivity index (χ2v) is 5.56. The van der Waals surface area contributed by atoms with Crippen LogP contribution >= 0.6 is 0 Å². The van der Waals surface area contributed by atoms with E-state index in [1.54, 1.807) is 0 Å². The van der Waals surface area contributed by atoms with E-state index in [2.05, 4.69) is 69.1 Å². The summed E-state index contributed by atoms with van der Waals surface area (Å²) in [5.74, 6) is 1.12. The summed E-state index contributed by atoms with van der Waals surface area (Å²) >= 11 is 0. The zero-order valence-electron chi connectivity index (χ0n) is 12.4. The van der Waals surface area contributed by atoms with Gasteiger partial charge < -0.3 is 0 Å². The third-order valence-corrected chi connectivity index (χ3v) is 3.81. The quantitative estimate of drug-likeness (QED) is 0.712. The molecule has 0 radical (unpaired) electrons. The fourth-order valence-electron chi connectivity index (χ4n) is 2.14. The largest absolute Gasteiger partial charge is 0.260 e. The van der Waals surface area contributed by atoms with E-state index in [-0.39, 0.29) is 0 Å². The van der Waals surface area contributed by atoms with Crippen molar-refractivity contribution in [2.75, 3.05) is 0 Å². The fourth-order valence-corrected chi connectivity index (χ4v) is 2.14. The third kappa shape index (κ3) is 3.23. The number of hydrogen-bond donors (Lipinski definition) is 0. The Morgan fingerprint density at radius 3 is 2.00 bits per heavy atom. The fraction of sp³-hybridized carbons (Fsp3) is 0.389. The molecule has 1 heteroatoms. The molecule has 0 aliphatic carbocycles. The predicted octanol–water partition coefficient (Wildman–Crippen LogP) is 5.39. The van der Waals surface area contributed by atoms with Gasteiger partial charge in [-0.3, -0.25) is 4.98 Å². The number of aromatic nitrogens is 1. The third-order valence-electron chi connectivity index (χ3n) is 3.81. The molecular formula is C18H23N. The van der Waals surface area contributed by atoms with Gasteiger partial charge in [-0.25, -0.2) is 0 Å². The highest BCUT2D eigenvalue weighted by molar-refractivity contribution is 5.62. The zero-order chi connectivity index (χ0) is 13.8. The first-order valence-electron chi connectivity index (χ1n) is 7.18. The Hall–Kier alpha value is -1.63. The lowest BCUT2D eigenvalue weighted by atomic mass is 9.98. The molecule has 0 bridgehead atoms. The van der Waals surface area contributed by atoms with Crippen LogP contribution in [0.4, 0.5) is 0 Å². The molecule has 2 rings (SSSR count). The minimum atomic E-state index is 0.539. The molecule has 2 aromatic rings. The van der Waals surface area contributed by atoms with Crippen molar-refractivity contribution in [1.82, 2.24) is 4.98 Å². The van der Waals surface area contributed by atoms with Crippen LogP contribution in [-0.4, -0.2) is 4.98 Å². The summed E-state index contributed by atoms with van der Waals surface area (Å²) in [7, 11) is 0. The van der Waals surface area contributed by atoms with E-state index in [9.17, 15) is 0 Å². The normalized spacial score (nSPS) is 12.7. The Morgan fingerprint density at radius 1 is 0.895 bits per heavy atom. The second-order valence-electron chi connectivity index (χ2n) is 5.56. The van der Waals surface area contributed by atoms with E-state index in [4.69, 9.17) is 0 Å². The van der Waals surface area contributed by atoms with Gasteiger partial charge in [-0.1, -0.05) is 58.0 Å². The van der Waals surface area contributed by atoms with Crippen molar-refractivity contribution in [3.63, 3.8) is 0 Å². The summed E-state index contributed by atoms with van der Waals surface area (Å²) in [4.78, 5) is 4.58. The molecule has 1 nitrogen and oxygen atoms in total. The van der Waals surface area contributed by atoms with Crippen molar-refractivity contribution in [3.8, 4) is 11.1 Å². The first kappa shape index (κ1) is 13.8. The highest BCUT2D eigenvalue weighted by Gasteiger charge is 2.05. The first-order valence-corrected chi connectivity index (χ1v) is 7.18. The van der Waals surface area contributed by atoms with Crippen LogP contribution in [0.5, 0.6) is 0 Å². The Labute approximate surface area is 116 Å². The molecule has 0 amide bonds. The van der Waals surface area contributed by atoms with E-state index in [1.165, 1.54) is 22.4 Å².